The van der Waals surface area contributed by atoms with Gasteiger partial charge in [-0.1, -0.05) is 83.9 Å². The number of nitrogens with two attached hydrogens (primary N) is 1. The molecule has 0 heterocycles. The lowest BCUT2D eigenvalue weighted by Crippen LogP contribution is -2.41. The Kier molecular flexibility index (Phi) is 18.8. The number of nitrogens with one attached hydrogen (secondary N) is 3. The minimum absolute atomic E-state index is 0.0361. The summed E-state index contributed by atoms with van der Waals surface area (Å²) in [5.41, 5.74) is 7.08. The minimum Gasteiger partial charge on any atom is -0.349 e. The summed E-state index contributed by atoms with van der Waals surface area (Å²) in [7, 11) is -2.91. The van der Waals surface area contributed by atoms with E-state index in [1.54, 1.807) is 0 Å². The number of hydrogen-bond acceptors (Lipinski definition) is 11. The predicted octanol–water partition coefficient (Wildman–Crippen LogP) is 8.52. The minimum atomic E-state index is -3.97. The molecule has 0 unspecified atom stereocenters. The Morgan fingerprint density at radius 2 is 1.02 bits per heavy atom. The zero-order valence-electron chi connectivity index (χ0n) is 34.4. The molecule has 0 aromatic heterocycles. The van der Waals surface area contributed by atoms with E-state index in [2.05, 4.69) is 15.4 Å². The summed E-state index contributed by atoms with van der Waals surface area (Å²) in [6.07, 6.45) is 5.92. The molecule has 2 aliphatic carbocycles. The molecule has 0 radical (unpaired) electrons. The SMILES string of the molecule is C[C@@H](NC(=O)C1CCC(N)CC1)c1ccccc1.C[C@@H](NC(=O)C1CCC(NS(=O)(=O)c2ccc(Cl)c([N+](=O)[O-])c2)CC1)c1ccccc1.O=[N+]([O-])c1cc(S(=O)(=O)Cl)ccc1Cl. The summed E-state index contributed by atoms with van der Waals surface area (Å²) in [4.78, 5) is 44.1. The van der Waals surface area contributed by atoms with Crippen LogP contribution in [0.5, 0.6) is 0 Å². The van der Waals surface area contributed by atoms with Gasteiger partial charge in [0.2, 0.25) is 21.8 Å². The third-order valence-corrected chi connectivity index (χ3v) is 14.2. The number of sulfonamides is 1. The third-order valence-electron chi connectivity index (χ3n) is 10.7. The van der Waals surface area contributed by atoms with Gasteiger partial charge in [0.25, 0.3) is 20.4 Å². The van der Waals surface area contributed by atoms with Gasteiger partial charge in [0.1, 0.15) is 10.0 Å². The molecule has 5 N–H and O–H groups in total. The van der Waals surface area contributed by atoms with E-state index in [-0.39, 0.29) is 61.6 Å². The maximum atomic E-state index is 12.6. The Bertz CT molecular complexity index is 2440. The first kappa shape index (κ1) is 50.9. The first-order chi connectivity index (χ1) is 29.7. The molecule has 2 saturated carbocycles. The Balaban J connectivity index is 0.000000230. The van der Waals surface area contributed by atoms with Gasteiger partial charge in [-0.05, 0) is 101 Å². The van der Waals surface area contributed by atoms with Gasteiger partial charge < -0.3 is 16.4 Å². The smallest absolute Gasteiger partial charge is 0.289 e. The number of benzene rings is 4. The number of hydrogen-bond donors (Lipinski definition) is 4. The van der Waals surface area contributed by atoms with E-state index in [1.165, 1.54) is 12.1 Å². The summed E-state index contributed by atoms with van der Waals surface area (Å²) in [6, 6.07) is 26.1. The van der Waals surface area contributed by atoms with E-state index in [9.17, 15) is 46.7 Å². The van der Waals surface area contributed by atoms with E-state index in [0.29, 0.717) is 31.7 Å². The highest BCUT2D eigenvalue weighted by molar-refractivity contribution is 8.13. The van der Waals surface area contributed by atoms with Gasteiger partial charge in [-0.3, -0.25) is 29.8 Å². The van der Waals surface area contributed by atoms with E-state index >= 15 is 0 Å². The van der Waals surface area contributed by atoms with Crippen LogP contribution >= 0.6 is 33.9 Å². The van der Waals surface area contributed by atoms with Crippen molar-refractivity contribution >= 4 is 76.1 Å². The molecule has 0 spiro atoms. The predicted molar refractivity (Wildman–Crippen MR) is 241 cm³/mol. The lowest BCUT2D eigenvalue weighted by Gasteiger charge is -2.29. The second-order valence-corrected chi connectivity index (χ2v) is 20.3. The van der Waals surface area contributed by atoms with Crippen molar-refractivity contribution in [1.82, 2.24) is 15.4 Å². The Morgan fingerprint density at radius 1 is 0.635 bits per heavy atom. The van der Waals surface area contributed by atoms with Crippen LogP contribution in [0, 0.1) is 32.1 Å². The van der Waals surface area contributed by atoms with Crippen molar-refractivity contribution in [2.24, 2.45) is 17.6 Å². The molecule has 340 valence electrons. The Labute approximate surface area is 381 Å². The summed E-state index contributed by atoms with van der Waals surface area (Å²) < 4.78 is 49.5. The summed E-state index contributed by atoms with van der Waals surface area (Å²) in [5.74, 6) is 0.115. The number of carbonyl (C=O) groups is 2. The quantitative estimate of drug-likeness (QED) is 0.0595. The van der Waals surface area contributed by atoms with Crippen molar-refractivity contribution in [3.63, 3.8) is 0 Å². The van der Waals surface area contributed by atoms with Crippen LogP contribution in [0.25, 0.3) is 0 Å². The third kappa shape index (κ3) is 15.5. The Hall–Kier alpha value is -4.69. The molecule has 6 rings (SSSR count). The van der Waals surface area contributed by atoms with Crippen molar-refractivity contribution in [3.8, 4) is 0 Å². The monoisotopic (exact) mass is 966 g/mol. The number of halogens is 3. The molecule has 0 bridgehead atoms. The topological polar surface area (TPSA) is 251 Å². The molecule has 2 amide bonds. The number of nitro groups is 2. The fraction of sp³-hybridized carbons (Fsp3) is 0.381. The molecular formula is C42H49Cl3N6O10S2. The van der Waals surface area contributed by atoms with Gasteiger partial charge in [-0.2, -0.15) is 0 Å². The first-order valence-corrected chi connectivity index (χ1v) is 24.5. The van der Waals surface area contributed by atoms with Gasteiger partial charge in [0, 0.05) is 46.7 Å². The van der Waals surface area contributed by atoms with Crippen molar-refractivity contribution in [2.45, 2.75) is 99.2 Å². The van der Waals surface area contributed by atoms with Crippen molar-refractivity contribution in [3.05, 3.63) is 138 Å². The van der Waals surface area contributed by atoms with Gasteiger partial charge in [0.15, 0.2) is 0 Å². The lowest BCUT2D eigenvalue weighted by atomic mass is 9.85. The average molecular weight is 968 g/mol. The normalized spacial score (nSPS) is 19.7. The maximum absolute atomic E-state index is 12.6. The fourth-order valence-corrected chi connectivity index (χ4v) is 9.51. The molecule has 2 atom stereocenters. The second kappa shape index (κ2) is 23.3. The number of rotatable bonds is 12. The Morgan fingerprint density at radius 3 is 1.41 bits per heavy atom. The molecule has 4 aromatic carbocycles. The molecule has 0 aliphatic heterocycles. The molecule has 16 nitrogen and oxygen atoms in total. The van der Waals surface area contributed by atoms with Crippen molar-refractivity contribution in [1.29, 1.82) is 0 Å². The summed E-state index contributed by atoms with van der Waals surface area (Å²) in [5, 5.41) is 27.3. The van der Waals surface area contributed by atoms with Crippen LogP contribution < -0.4 is 21.1 Å². The number of amides is 2. The van der Waals surface area contributed by atoms with E-state index < -0.39 is 40.3 Å². The standard InChI is InChI=1S/C21H24ClN3O5S.C15H22N2O.C6H3Cl2NO4S/c1-14(15-5-3-2-4-6-15)23-21(26)16-7-9-17(10-8-16)24-31(29,30)18-11-12-19(22)20(13-18)25(27)28;1-11(12-5-3-2-4-6-12)17-15(18)13-7-9-14(16)10-8-13;7-5-2-1-4(14(8,12)13)3-6(5)9(10)11/h2-6,11-14,16-17,24H,7-10H2,1H3,(H,23,26);2-6,11,13-14H,7-10,16H2,1H3,(H,17,18);1-3H/t14-,16?,17?;11-,13?,14?;/m11./s1. The van der Waals surface area contributed by atoms with Crippen LogP contribution in [0.1, 0.15) is 88.4 Å². The zero-order valence-corrected chi connectivity index (χ0v) is 38.3. The van der Waals surface area contributed by atoms with Gasteiger partial charge in [-0.15, -0.1) is 0 Å². The highest BCUT2D eigenvalue weighted by Crippen LogP contribution is 2.31. The van der Waals surface area contributed by atoms with E-state index in [1.807, 2.05) is 74.5 Å². The molecule has 2 fully saturated rings. The fourth-order valence-electron chi connectivity index (χ4n) is 7.04. The number of carbonyl (C=O) groups excluding carboxylic acids is 2. The molecular weight excluding hydrogens is 919 g/mol. The molecule has 21 heteroatoms. The summed E-state index contributed by atoms with van der Waals surface area (Å²) >= 11 is 11.2. The lowest BCUT2D eigenvalue weighted by molar-refractivity contribution is -0.385. The van der Waals surface area contributed by atoms with Crippen molar-refractivity contribution < 1.29 is 36.3 Å². The van der Waals surface area contributed by atoms with E-state index in [4.69, 9.17) is 39.6 Å². The van der Waals surface area contributed by atoms with Crippen molar-refractivity contribution in [2.75, 3.05) is 0 Å². The highest BCUT2D eigenvalue weighted by Gasteiger charge is 2.31. The number of nitro benzene ring substituents is 2. The number of nitrogens with zero attached hydrogens (tertiary/aromatic N) is 2. The average Bonchev–Trinajstić information content (AvgIpc) is 3.24. The molecule has 0 saturated heterocycles. The van der Waals surface area contributed by atoms with Crippen LogP contribution in [-0.2, 0) is 28.7 Å². The second-order valence-electron chi connectivity index (χ2n) is 15.2. The van der Waals surface area contributed by atoms with Crippen LogP contribution in [0.2, 0.25) is 10.0 Å². The molecule has 2 aliphatic rings. The van der Waals surface area contributed by atoms with Crippen LogP contribution in [-0.4, -0.2) is 50.6 Å². The highest BCUT2D eigenvalue weighted by atomic mass is 35.7. The maximum Gasteiger partial charge on any atom is 0.289 e. The first-order valence-electron chi connectivity index (χ1n) is 20.0. The van der Waals surface area contributed by atoms with E-state index in [0.717, 1.165) is 61.1 Å². The largest absolute Gasteiger partial charge is 0.349 e. The van der Waals surface area contributed by atoms with Gasteiger partial charge >= 0.3 is 0 Å². The molecule has 63 heavy (non-hydrogen) atoms. The van der Waals surface area contributed by atoms with Crippen LogP contribution in [0.3, 0.4) is 0 Å². The van der Waals surface area contributed by atoms with Gasteiger partial charge in [0.05, 0.1) is 31.7 Å². The van der Waals surface area contributed by atoms with Crippen LogP contribution in [0.15, 0.2) is 107 Å². The summed E-state index contributed by atoms with van der Waals surface area (Å²) in [6.45, 7) is 3.96. The van der Waals surface area contributed by atoms with Gasteiger partial charge in [-0.25, -0.2) is 21.6 Å². The van der Waals surface area contributed by atoms with Crippen LogP contribution in [0.4, 0.5) is 11.4 Å². The molecule has 4 aromatic rings. The zero-order chi connectivity index (χ0) is 46.5.